The molecule has 6 nitrogen and oxygen atoms in total. The van der Waals surface area contributed by atoms with Gasteiger partial charge in [0.25, 0.3) is 0 Å². The summed E-state index contributed by atoms with van der Waals surface area (Å²) in [5, 5.41) is 0. The van der Waals surface area contributed by atoms with Crippen LogP contribution in [0, 0.1) is 0 Å². The van der Waals surface area contributed by atoms with E-state index in [0.29, 0.717) is 19.6 Å². The van der Waals surface area contributed by atoms with Crippen molar-refractivity contribution < 1.29 is 4.79 Å². The first kappa shape index (κ1) is 21.2. The Morgan fingerprint density at radius 3 is 2.32 bits per heavy atom. The Labute approximate surface area is 160 Å². The van der Waals surface area contributed by atoms with Crippen LogP contribution in [0.25, 0.3) is 0 Å². The molecule has 1 unspecified atom stereocenters. The van der Waals surface area contributed by atoms with Gasteiger partial charge in [-0.05, 0) is 5.56 Å². The fourth-order valence-corrected chi connectivity index (χ4v) is 2.90. The summed E-state index contributed by atoms with van der Waals surface area (Å²) < 4.78 is 0. The Bertz CT molecular complexity index is 636. The lowest BCUT2D eigenvalue weighted by Crippen LogP contribution is -2.51. The van der Waals surface area contributed by atoms with Crippen LogP contribution in [0.4, 0.5) is 5.82 Å². The topological polar surface area (TPSA) is 75.4 Å². The molecule has 1 aliphatic rings. The highest BCUT2D eigenvalue weighted by atomic mass is 35.5. The summed E-state index contributed by atoms with van der Waals surface area (Å²) >= 11 is 0. The Morgan fingerprint density at radius 1 is 1.08 bits per heavy atom. The number of nitrogens with zero attached hydrogens (tertiary/aromatic N) is 4. The van der Waals surface area contributed by atoms with E-state index in [1.165, 1.54) is 0 Å². The number of anilines is 1. The highest BCUT2D eigenvalue weighted by Crippen LogP contribution is 2.19. The van der Waals surface area contributed by atoms with Crippen LogP contribution in [0.1, 0.15) is 11.5 Å². The molecular formula is C17H23Cl2N5O. The molecule has 8 heteroatoms. The fourth-order valence-electron chi connectivity index (χ4n) is 2.90. The van der Waals surface area contributed by atoms with E-state index in [9.17, 15) is 4.79 Å². The van der Waals surface area contributed by atoms with Crippen molar-refractivity contribution >= 4 is 36.5 Å². The number of rotatable bonds is 4. The van der Waals surface area contributed by atoms with Crippen molar-refractivity contribution in [1.82, 2.24) is 14.9 Å². The van der Waals surface area contributed by atoms with Crippen molar-refractivity contribution in [3.05, 3.63) is 54.5 Å². The molecule has 0 saturated carbocycles. The second-order valence-electron chi connectivity index (χ2n) is 5.57. The summed E-state index contributed by atoms with van der Waals surface area (Å²) in [7, 11) is 0. The second-order valence-corrected chi connectivity index (χ2v) is 5.57. The van der Waals surface area contributed by atoms with Crippen molar-refractivity contribution in [2.75, 3.05) is 37.6 Å². The molecule has 0 bridgehead atoms. The van der Waals surface area contributed by atoms with Gasteiger partial charge in [-0.15, -0.1) is 24.8 Å². The van der Waals surface area contributed by atoms with Gasteiger partial charge in [0, 0.05) is 45.1 Å². The van der Waals surface area contributed by atoms with Crippen LogP contribution in [0.3, 0.4) is 0 Å². The molecule has 25 heavy (non-hydrogen) atoms. The number of hydrogen-bond donors (Lipinski definition) is 1. The van der Waals surface area contributed by atoms with Crippen molar-refractivity contribution in [3.8, 4) is 0 Å². The smallest absolute Gasteiger partial charge is 0.231 e. The molecule has 1 atom stereocenters. The van der Waals surface area contributed by atoms with Crippen molar-refractivity contribution in [3.63, 3.8) is 0 Å². The van der Waals surface area contributed by atoms with E-state index in [2.05, 4.69) is 14.9 Å². The third-order valence-electron chi connectivity index (χ3n) is 4.20. The summed E-state index contributed by atoms with van der Waals surface area (Å²) in [5.41, 5.74) is 6.84. The van der Waals surface area contributed by atoms with Gasteiger partial charge in [-0.3, -0.25) is 9.78 Å². The predicted octanol–water partition coefficient (Wildman–Crippen LogP) is 1.71. The summed E-state index contributed by atoms with van der Waals surface area (Å²) in [6.45, 7) is 3.21. The van der Waals surface area contributed by atoms with Crippen molar-refractivity contribution in [1.29, 1.82) is 0 Å². The molecule has 136 valence electrons. The van der Waals surface area contributed by atoms with E-state index in [0.717, 1.165) is 24.5 Å². The third kappa shape index (κ3) is 5.04. The van der Waals surface area contributed by atoms with Gasteiger partial charge in [0.05, 0.1) is 12.1 Å². The number of carbonyl (C=O) groups excluding carboxylic acids is 1. The van der Waals surface area contributed by atoms with Crippen LogP contribution < -0.4 is 10.6 Å². The summed E-state index contributed by atoms with van der Waals surface area (Å²) in [4.78, 5) is 25.2. The number of hydrogen-bond acceptors (Lipinski definition) is 5. The predicted molar refractivity (Wildman–Crippen MR) is 104 cm³/mol. The van der Waals surface area contributed by atoms with Gasteiger partial charge in [-0.25, -0.2) is 4.98 Å². The Kier molecular flexibility index (Phi) is 8.61. The minimum atomic E-state index is -0.265. The zero-order valence-electron chi connectivity index (χ0n) is 13.8. The average molecular weight is 384 g/mol. The van der Waals surface area contributed by atoms with E-state index in [1.54, 1.807) is 18.6 Å². The van der Waals surface area contributed by atoms with E-state index in [-0.39, 0.29) is 36.6 Å². The first-order chi connectivity index (χ1) is 11.3. The molecule has 1 aromatic heterocycles. The molecule has 0 radical (unpaired) electrons. The molecule has 0 spiro atoms. The van der Waals surface area contributed by atoms with Crippen LogP contribution >= 0.6 is 24.8 Å². The maximum absolute atomic E-state index is 12.8. The number of nitrogens with two attached hydrogens (primary N) is 1. The SMILES string of the molecule is Cl.Cl.NCC(C(=O)N1CCN(c2cnccn2)CC1)c1ccccc1. The Balaban J connectivity index is 0.00000156. The minimum Gasteiger partial charge on any atom is -0.352 e. The van der Waals surface area contributed by atoms with Gasteiger partial charge in [0.2, 0.25) is 5.91 Å². The normalized spacial score (nSPS) is 14.9. The van der Waals surface area contributed by atoms with Gasteiger partial charge in [0.15, 0.2) is 0 Å². The molecule has 1 fully saturated rings. The Hall–Kier alpha value is -1.89. The van der Waals surface area contributed by atoms with Gasteiger partial charge in [-0.1, -0.05) is 30.3 Å². The zero-order valence-corrected chi connectivity index (χ0v) is 15.5. The summed E-state index contributed by atoms with van der Waals surface area (Å²) in [5.74, 6) is 0.704. The van der Waals surface area contributed by atoms with E-state index < -0.39 is 0 Å². The first-order valence-corrected chi connectivity index (χ1v) is 7.84. The molecule has 3 rings (SSSR count). The second kappa shape index (κ2) is 10.2. The van der Waals surface area contributed by atoms with Crippen molar-refractivity contribution in [2.45, 2.75) is 5.92 Å². The van der Waals surface area contributed by atoms with Gasteiger partial charge in [0.1, 0.15) is 5.82 Å². The van der Waals surface area contributed by atoms with Crippen LogP contribution in [0.15, 0.2) is 48.9 Å². The third-order valence-corrected chi connectivity index (χ3v) is 4.20. The van der Waals surface area contributed by atoms with Gasteiger partial charge >= 0.3 is 0 Å². The van der Waals surface area contributed by atoms with Gasteiger partial charge in [-0.2, -0.15) is 0 Å². The lowest BCUT2D eigenvalue weighted by molar-refractivity contribution is -0.132. The molecule has 2 aromatic rings. The summed E-state index contributed by atoms with van der Waals surface area (Å²) in [6.07, 6.45) is 5.10. The van der Waals surface area contributed by atoms with Crippen LogP contribution in [-0.2, 0) is 4.79 Å². The maximum atomic E-state index is 12.8. The number of carbonyl (C=O) groups is 1. The highest BCUT2D eigenvalue weighted by Gasteiger charge is 2.28. The average Bonchev–Trinajstić information content (AvgIpc) is 2.64. The molecular weight excluding hydrogens is 361 g/mol. The molecule has 0 aliphatic carbocycles. The standard InChI is InChI=1S/C17H21N5O.2ClH/c18-12-15(14-4-2-1-3-5-14)17(23)22-10-8-21(9-11-22)16-13-19-6-7-20-16;;/h1-7,13,15H,8-12,18H2;2*1H. The van der Waals surface area contributed by atoms with E-state index in [4.69, 9.17) is 5.73 Å². The largest absolute Gasteiger partial charge is 0.352 e. The number of piperazine rings is 1. The van der Waals surface area contributed by atoms with Gasteiger partial charge < -0.3 is 15.5 Å². The molecule has 2 N–H and O–H groups in total. The quantitative estimate of drug-likeness (QED) is 0.869. The lowest BCUT2D eigenvalue weighted by Gasteiger charge is -2.36. The molecule has 2 heterocycles. The minimum absolute atomic E-state index is 0. The molecule has 1 aromatic carbocycles. The molecule has 1 aliphatic heterocycles. The number of halogens is 2. The molecule has 1 saturated heterocycles. The summed E-state index contributed by atoms with van der Waals surface area (Å²) in [6, 6.07) is 9.76. The molecule has 1 amide bonds. The van der Waals surface area contributed by atoms with E-state index >= 15 is 0 Å². The zero-order chi connectivity index (χ0) is 16.1. The lowest BCUT2D eigenvalue weighted by atomic mass is 9.97. The number of benzene rings is 1. The Morgan fingerprint density at radius 2 is 1.76 bits per heavy atom. The van der Waals surface area contributed by atoms with Crippen LogP contribution in [-0.4, -0.2) is 53.5 Å². The number of aromatic nitrogens is 2. The number of amides is 1. The van der Waals surface area contributed by atoms with Crippen LogP contribution in [0.5, 0.6) is 0 Å². The van der Waals surface area contributed by atoms with Crippen molar-refractivity contribution in [2.24, 2.45) is 5.73 Å². The van der Waals surface area contributed by atoms with E-state index in [1.807, 2.05) is 35.2 Å². The van der Waals surface area contributed by atoms with Crippen LogP contribution in [0.2, 0.25) is 0 Å². The first-order valence-electron chi connectivity index (χ1n) is 7.84. The maximum Gasteiger partial charge on any atom is 0.231 e. The fraction of sp³-hybridized carbons (Fsp3) is 0.353. The monoisotopic (exact) mass is 383 g/mol. The highest BCUT2D eigenvalue weighted by molar-refractivity contribution is 5.85.